The van der Waals surface area contributed by atoms with Gasteiger partial charge >= 0.3 is 0 Å². The molecule has 1 aromatic heterocycles. The molecule has 2 aromatic rings. The molecule has 2 N–H and O–H groups in total. The number of H-pyrrole nitrogens is 1. The third kappa shape index (κ3) is 6.22. The summed E-state index contributed by atoms with van der Waals surface area (Å²) in [5, 5.41) is 10.2. The fourth-order valence-corrected chi connectivity index (χ4v) is 3.79. The molecule has 1 aromatic carbocycles. The number of rotatable bonds is 8. The summed E-state index contributed by atoms with van der Waals surface area (Å²) in [7, 11) is 0. The average Bonchev–Trinajstić information content (AvgIpc) is 3.05. The number of benzene rings is 1. The first-order chi connectivity index (χ1) is 13.9. The Bertz CT molecular complexity index is 859. The third-order valence-corrected chi connectivity index (χ3v) is 5.32. The van der Waals surface area contributed by atoms with Gasteiger partial charge < -0.3 is 10.1 Å². The number of aromatic nitrogens is 3. The van der Waals surface area contributed by atoms with Crippen molar-refractivity contribution in [3.63, 3.8) is 0 Å². The largest absolute Gasteiger partial charge is 0.374 e. The molecule has 1 amide bonds. The van der Waals surface area contributed by atoms with E-state index >= 15 is 0 Å². The lowest BCUT2D eigenvalue weighted by molar-refractivity contribution is -0.122. The second kappa shape index (κ2) is 10.1. The smallest absolute Gasteiger partial charge is 0.221 e. The Morgan fingerprint density at radius 3 is 2.86 bits per heavy atom. The van der Waals surface area contributed by atoms with Crippen LogP contribution in [0.4, 0.5) is 0 Å². The lowest BCUT2D eigenvalue weighted by atomic mass is 10.1. The van der Waals surface area contributed by atoms with Gasteiger partial charge in [0.1, 0.15) is 0 Å². The van der Waals surface area contributed by atoms with Crippen LogP contribution in [0.2, 0.25) is 0 Å². The number of carbonyl (C=O) groups is 1. The lowest BCUT2D eigenvalue weighted by Gasteiger charge is -2.33. The predicted molar refractivity (Wildman–Crippen MR) is 116 cm³/mol. The molecule has 0 bridgehead atoms. The van der Waals surface area contributed by atoms with Crippen LogP contribution in [0.1, 0.15) is 25.8 Å². The molecule has 1 atom stereocenters. The zero-order valence-corrected chi connectivity index (χ0v) is 18.3. The van der Waals surface area contributed by atoms with E-state index in [1.807, 2.05) is 35.8 Å². The molecule has 0 spiro atoms. The van der Waals surface area contributed by atoms with Crippen LogP contribution in [0.3, 0.4) is 0 Å². The number of nitrogens with zero attached hydrogens (tertiary/aromatic N) is 3. The topological polar surface area (TPSA) is 75.2 Å². The van der Waals surface area contributed by atoms with Crippen molar-refractivity contribution in [3.8, 4) is 11.4 Å². The molecule has 2 heterocycles. The molecule has 7 nitrogen and oxygen atoms in total. The fraction of sp³-hybridized carbons (Fsp3) is 0.571. The van der Waals surface area contributed by atoms with Crippen LogP contribution in [0.5, 0.6) is 0 Å². The van der Waals surface area contributed by atoms with E-state index in [0.29, 0.717) is 30.2 Å². The van der Waals surface area contributed by atoms with Crippen LogP contribution < -0.4 is 5.32 Å². The molecule has 1 saturated heterocycles. The highest BCUT2D eigenvalue weighted by Gasteiger charge is 2.21. The van der Waals surface area contributed by atoms with E-state index in [1.165, 1.54) is 5.56 Å². The molecule has 8 heteroatoms. The number of amides is 1. The number of hydrogen-bond acceptors (Lipinski definition) is 5. The molecule has 1 unspecified atom stereocenters. The van der Waals surface area contributed by atoms with Gasteiger partial charge in [-0.3, -0.25) is 19.4 Å². The van der Waals surface area contributed by atoms with Gasteiger partial charge in [-0.25, -0.2) is 0 Å². The van der Waals surface area contributed by atoms with E-state index < -0.39 is 0 Å². The van der Waals surface area contributed by atoms with Crippen molar-refractivity contribution in [2.24, 2.45) is 5.92 Å². The molecule has 3 rings (SSSR count). The SMILES string of the molecule is Cc1ccc(-c2n[nH]c(=S)n2CCC(=O)NCC2CN(CC(C)C)CCO2)cc1. The van der Waals surface area contributed by atoms with Crippen LogP contribution in [0, 0.1) is 17.6 Å². The van der Waals surface area contributed by atoms with E-state index in [-0.39, 0.29) is 12.0 Å². The minimum Gasteiger partial charge on any atom is -0.374 e. The number of aromatic amines is 1. The molecule has 1 fully saturated rings. The number of morpholine rings is 1. The highest BCUT2D eigenvalue weighted by Crippen LogP contribution is 2.18. The molecule has 1 aliphatic heterocycles. The zero-order valence-electron chi connectivity index (χ0n) is 17.5. The van der Waals surface area contributed by atoms with Crippen molar-refractivity contribution < 1.29 is 9.53 Å². The Hall–Kier alpha value is -2.03. The minimum atomic E-state index is -0.00691. The number of hydrogen-bond donors (Lipinski definition) is 2. The van der Waals surface area contributed by atoms with Gasteiger partial charge in [0.25, 0.3) is 0 Å². The molecular weight excluding hydrogens is 386 g/mol. The van der Waals surface area contributed by atoms with Gasteiger partial charge in [0.05, 0.1) is 12.7 Å². The summed E-state index contributed by atoms with van der Waals surface area (Å²) in [4.78, 5) is 14.8. The Morgan fingerprint density at radius 1 is 1.38 bits per heavy atom. The first-order valence-electron chi connectivity index (χ1n) is 10.2. The van der Waals surface area contributed by atoms with Gasteiger partial charge in [-0.15, -0.1) is 0 Å². The first-order valence-corrected chi connectivity index (χ1v) is 10.7. The van der Waals surface area contributed by atoms with E-state index in [2.05, 4.69) is 34.3 Å². The van der Waals surface area contributed by atoms with Crippen molar-refractivity contribution in [2.75, 3.05) is 32.8 Å². The van der Waals surface area contributed by atoms with E-state index in [1.54, 1.807) is 0 Å². The van der Waals surface area contributed by atoms with Crippen LogP contribution >= 0.6 is 12.2 Å². The standard InChI is InChI=1S/C21H31N5O2S/c1-15(2)13-25-10-11-28-18(14-25)12-22-19(27)8-9-26-20(23-24-21(26)29)17-6-4-16(3)5-7-17/h4-7,15,18H,8-14H2,1-3H3,(H,22,27)(H,24,29). The Kier molecular flexibility index (Phi) is 7.57. The van der Waals surface area contributed by atoms with Crippen LogP contribution in [-0.2, 0) is 16.1 Å². The second-order valence-corrected chi connectivity index (χ2v) is 8.46. The second-order valence-electron chi connectivity index (χ2n) is 8.07. The quantitative estimate of drug-likeness (QED) is 0.646. The maximum Gasteiger partial charge on any atom is 0.221 e. The van der Waals surface area contributed by atoms with E-state index in [9.17, 15) is 4.79 Å². The molecule has 0 radical (unpaired) electrons. The lowest BCUT2D eigenvalue weighted by Crippen LogP contribution is -2.48. The highest BCUT2D eigenvalue weighted by molar-refractivity contribution is 7.71. The average molecular weight is 418 g/mol. The van der Waals surface area contributed by atoms with Gasteiger partial charge in [-0.1, -0.05) is 43.7 Å². The molecule has 158 valence electrons. The molecule has 29 heavy (non-hydrogen) atoms. The predicted octanol–water partition coefficient (Wildman–Crippen LogP) is 2.78. The monoisotopic (exact) mass is 417 g/mol. The van der Waals surface area contributed by atoms with Crippen molar-refractivity contribution >= 4 is 18.1 Å². The summed E-state index contributed by atoms with van der Waals surface area (Å²) in [6.45, 7) is 11.1. The van der Waals surface area contributed by atoms with Crippen molar-refractivity contribution in [1.82, 2.24) is 25.0 Å². The summed E-state index contributed by atoms with van der Waals surface area (Å²) in [6, 6.07) is 8.11. The van der Waals surface area contributed by atoms with Crippen LogP contribution in [0.15, 0.2) is 24.3 Å². The highest BCUT2D eigenvalue weighted by atomic mass is 32.1. The molecule has 1 aliphatic rings. The van der Waals surface area contributed by atoms with Gasteiger partial charge in [-0.2, -0.15) is 5.10 Å². The summed E-state index contributed by atoms with van der Waals surface area (Å²) in [5.41, 5.74) is 2.16. The van der Waals surface area contributed by atoms with Crippen LogP contribution in [-0.4, -0.2) is 64.5 Å². The Labute approximate surface area is 177 Å². The fourth-order valence-electron chi connectivity index (χ4n) is 3.56. The number of ether oxygens (including phenoxy) is 1. The number of aryl methyl sites for hydroxylation is 1. The maximum atomic E-state index is 12.4. The summed E-state index contributed by atoms with van der Waals surface area (Å²) in [5.74, 6) is 1.38. The maximum absolute atomic E-state index is 12.4. The number of carbonyl (C=O) groups excluding carboxylic acids is 1. The van der Waals surface area contributed by atoms with Crippen molar-refractivity contribution in [1.29, 1.82) is 0 Å². The number of nitrogens with one attached hydrogen (secondary N) is 2. The van der Waals surface area contributed by atoms with Crippen molar-refractivity contribution in [2.45, 2.75) is 39.8 Å². The van der Waals surface area contributed by atoms with E-state index in [0.717, 1.165) is 37.6 Å². The molecule has 0 saturated carbocycles. The summed E-state index contributed by atoms with van der Waals surface area (Å²) >= 11 is 5.35. The van der Waals surface area contributed by atoms with Gasteiger partial charge in [-0.05, 0) is 25.1 Å². The van der Waals surface area contributed by atoms with E-state index in [4.69, 9.17) is 17.0 Å². The first kappa shape index (κ1) is 21.7. The Morgan fingerprint density at radius 2 is 2.14 bits per heavy atom. The normalized spacial score (nSPS) is 17.6. The third-order valence-electron chi connectivity index (χ3n) is 5.00. The molecule has 0 aliphatic carbocycles. The minimum absolute atomic E-state index is 0.00691. The van der Waals surface area contributed by atoms with Crippen molar-refractivity contribution in [3.05, 3.63) is 34.6 Å². The summed E-state index contributed by atoms with van der Waals surface area (Å²) in [6.07, 6.45) is 0.389. The van der Waals surface area contributed by atoms with Gasteiger partial charge in [0, 0.05) is 44.7 Å². The summed E-state index contributed by atoms with van der Waals surface area (Å²) < 4.78 is 8.20. The Balaban J connectivity index is 1.50. The molecular formula is C21H31N5O2S. The van der Waals surface area contributed by atoms with Crippen LogP contribution in [0.25, 0.3) is 11.4 Å². The van der Waals surface area contributed by atoms with Gasteiger partial charge in [0.2, 0.25) is 5.91 Å². The van der Waals surface area contributed by atoms with Gasteiger partial charge in [0.15, 0.2) is 10.6 Å². The zero-order chi connectivity index (χ0) is 20.8.